The summed E-state index contributed by atoms with van der Waals surface area (Å²) < 4.78 is 11.7. The number of nitrogens with one attached hydrogen (secondary N) is 3. The molecule has 2 aromatic carbocycles. The fourth-order valence-electron chi connectivity index (χ4n) is 4.01. The molecule has 0 saturated carbocycles. The number of ether oxygens (including phenoxy) is 1. The van der Waals surface area contributed by atoms with Crippen LogP contribution in [0.2, 0.25) is 0 Å². The van der Waals surface area contributed by atoms with Gasteiger partial charge in [-0.15, -0.1) is 0 Å². The van der Waals surface area contributed by atoms with Crippen molar-refractivity contribution in [2.45, 2.75) is 59.4 Å². The van der Waals surface area contributed by atoms with Gasteiger partial charge in [0.25, 0.3) is 5.56 Å². The van der Waals surface area contributed by atoms with Crippen LogP contribution in [0.25, 0.3) is 22.2 Å². The average Bonchev–Trinajstić information content (AvgIpc) is 3.23. The monoisotopic (exact) mass is 563 g/mol. The zero-order valence-electron chi connectivity index (χ0n) is 23.4. The number of anilines is 3. The van der Waals surface area contributed by atoms with Gasteiger partial charge in [-0.1, -0.05) is 11.2 Å². The number of phenols is 1. The number of carbonyl (C=O) groups excluding carboxylic acids is 2. The maximum absolute atomic E-state index is 13.4. The van der Waals surface area contributed by atoms with Crippen molar-refractivity contribution in [1.29, 1.82) is 0 Å². The Hall–Kier alpha value is -5.07. The first-order valence-electron chi connectivity index (χ1n) is 12.9. The third-order valence-electron chi connectivity index (χ3n) is 5.69. The predicted octanol–water partition coefficient (Wildman–Crippen LogP) is 3.82. The Morgan fingerprint density at radius 2 is 1.93 bits per heavy atom. The summed E-state index contributed by atoms with van der Waals surface area (Å²) in [5.41, 5.74) is 6.56. The SMILES string of the molecule is CC(C)Nc1ncc(-c2cc(O)cc(NC(=O)OC(C)(C)C)c2)n(CC(=O)NCc2ccc3c(N)noc3c2)c1=O. The van der Waals surface area contributed by atoms with E-state index in [0.717, 1.165) is 5.56 Å². The smallest absolute Gasteiger partial charge is 0.412 e. The standard InChI is InChI=1S/C28H33N7O6/c1-15(2)32-25-26(38)35(14-23(37)30-12-16-6-7-20-22(8-16)41-34-24(20)29)21(13-31-25)17-9-18(11-19(36)10-17)33-27(39)40-28(3,4)5/h6-11,13,15,36H,12,14H2,1-5H3,(H2,29,34)(H,30,37)(H,31,32)(H,33,39). The topological polar surface area (TPSA) is 187 Å². The molecule has 6 N–H and O–H groups in total. The van der Waals surface area contributed by atoms with Crippen molar-refractivity contribution >= 4 is 40.3 Å². The first-order valence-corrected chi connectivity index (χ1v) is 12.9. The van der Waals surface area contributed by atoms with E-state index in [0.29, 0.717) is 16.5 Å². The van der Waals surface area contributed by atoms with E-state index in [4.69, 9.17) is 15.0 Å². The van der Waals surface area contributed by atoms with Crippen LogP contribution in [-0.2, 0) is 22.6 Å². The molecule has 0 aliphatic carbocycles. The zero-order chi connectivity index (χ0) is 29.9. The summed E-state index contributed by atoms with van der Waals surface area (Å²) in [5.74, 6) is -0.274. The summed E-state index contributed by atoms with van der Waals surface area (Å²) >= 11 is 0. The number of phenolic OH excluding ortho intramolecular Hbond substituents is 1. The highest BCUT2D eigenvalue weighted by Crippen LogP contribution is 2.28. The van der Waals surface area contributed by atoms with E-state index in [1.165, 1.54) is 22.9 Å². The van der Waals surface area contributed by atoms with Gasteiger partial charge in [0.05, 0.1) is 17.3 Å². The van der Waals surface area contributed by atoms with Gasteiger partial charge in [0.15, 0.2) is 17.2 Å². The Morgan fingerprint density at radius 1 is 1.17 bits per heavy atom. The number of nitrogen functional groups attached to an aromatic ring is 1. The number of amides is 2. The molecule has 2 aromatic heterocycles. The molecule has 41 heavy (non-hydrogen) atoms. The van der Waals surface area contributed by atoms with Gasteiger partial charge in [-0.05, 0) is 64.4 Å². The number of rotatable bonds is 8. The lowest BCUT2D eigenvalue weighted by Crippen LogP contribution is -2.35. The van der Waals surface area contributed by atoms with Gasteiger partial charge in [-0.3, -0.25) is 19.5 Å². The third-order valence-corrected chi connectivity index (χ3v) is 5.69. The number of hydrogen-bond donors (Lipinski definition) is 5. The van der Waals surface area contributed by atoms with Crippen LogP contribution < -0.4 is 27.2 Å². The molecular weight excluding hydrogens is 530 g/mol. The van der Waals surface area contributed by atoms with Crippen molar-refractivity contribution in [3.63, 3.8) is 0 Å². The van der Waals surface area contributed by atoms with Crippen LogP contribution in [-0.4, -0.2) is 43.5 Å². The molecule has 0 atom stereocenters. The molecule has 13 heteroatoms. The summed E-state index contributed by atoms with van der Waals surface area (Å²) in [4.78, 5) is 43.0. The van der Waals surface area contributed by atoms with Crippen molar-refractivity contribution in [2.24, 2.45) is 0 Å². The largest absolute Gasteiger partial charge is 0.508 e. The molecule has 216 valence electrons. The third kappa shape index (κ3) is 7.32. The molecule has 4 aromatic rings. The minimum atomic E-state index is -0.727. The second kappa shape index (κ2) is 11.6. The number of carbonyl (C=O) groups is 2. The van der Waals surface area contributed by atoms with Gasteiger partial charge in [0, 0.05) is 29.9 Å². The van der Waals surface area contributed by atoms with E-state index in [1.807, 2.05) is 13.8 Å². The Balaban J connectivity index is 1.62. The highest BCUT2D eigenvalue weighted by Gasteiger charge is 2.19. The molecule has 0 fully saturated rings. The van der Waals surface area contributed by atoms with Crippen molar-refractivity contribution in [3.05, 3.63) is 58.5 Å². The Morgan fingerprint density at radius 3 is 2.63 bits per heavy atom. The Labute approximate surface area is 235 Å². The number of nitrogens with zero attached hydrogens (tertiary/aromatic N) is 3. The maximum atomic E-state index is 13.4. The second-order valence-electron chi connectivity index (χ2n) is 10.8. The van der Waals surface area contributed by atoms with E-state index in [9.17, 15) is 19.5 Å². The molecule has 2 amide bonds. The summed E-state index contributed by atoms with van der Waals surface area (Å²) in [7, 11) is 0. The van der Waals surface area contributed by atoms with Crippen LogP contribution in [0.5, 0.6) is 5.75 Å². The van der Waals surface area contributed by atoms with Crippen molar-refractivity contribution in [2.75, 3.05) is 16.4 Å². The lowest BCUT2D eigenvalue weighted by molar-refractivity contribution is -0.121. The number of fused-ring (bicyclic) bond motifs is 1. The van der Waals surface area contributed by atoms with E-state index in [2.05, 4.69) is 26.1 Å². The van der Waals surface area contributed by atoms with Crippen LogP contribution in [0.1, 0.15) is 40.2 Å². The second-order valence-corrected chi connectivity index (χ2v) is 10.8. The molecule has 0 aliphatic rings. The van der Waals surface area contributed by atoms with Crippen LogP contribution in [0, 0.1) is 0 Å². The number of benzene rings is 2. The van der Waals surface area contributed by atoms with E-state index < -0.39 is 23.2 Å². The van der Waals surface area contributed by atoms with Crippen LogP contribution in [0.4, 0.5) is 22.1 Å². The van der Waals surface area contributed by atoms with Gasteiger partial charge in [0.2, 0.25) is 5.91 Å². The highest BCUT2D eigenvalue weighted by molar-refractivity contribution is 5.88. The molecule has 0 saturated heterocycles. The molecular formula is C28H33N7O6. The van der Waals surface area contributed by atoms with E-state index in [1.54, 1.807) is 45.0 Å². The Bertz CT molecular complexity index is 1650. The molecule has 0 unspecified atom stereocenters. The molecule has 0 radical (unpaired) electrons. The lowest BCUT2D eigenvalue weighted by atomic mass is 10.1. The maximum Gasteiger partial charge on any atom is 0.412 e. The van der Waals surface area contributed by atoms with Crippen LogP contribution in [0.15, 0.2) is 51.9 Å². The summed E-state index contributed by atoms with van der Waals surface area (Å²) in [6.45, 7) is 8.72. The van der Waals surface area contributed by atoms with Crippen molar-refractivity contribution in [1.82, 2.24) is 20.0 Å². The minimum absolute atomic E-state index is 0.0668. The van der Waals surface area contributed by atoms with Crippen LogP contribution in [0.3, 0.4) is 0 Å². The van der Waals surface area contributed by atoms with Gasteiger partial charge in [0.1, 0.15) is 17.9 Å². The summed E-state index contributed by atoms with van der Waals surface area (Å²) in [6.07, 6.45) is 0.708. The molecule has 4 rings (SSSR count). The molecule has 0 spiro atoms. The van der Waals surface area contributed by atoms with Gasteiger partial charge in [-0.25, -0.2) is 9.78 Å². The Kier molecular flexibility index (Phi) is 8.17. The van der Waals surface area contributed by atoms with Gasteiger partial charge >= 0.3 is 6.09 Å². The number of aromatic hydroxyl groups is 1. The lowest BCUT2D eigenvalue weighted by Gasteiger charge is -2.20. The zero-order valence-corrected chi connectivity index (χ0v) is 23.4. The van der Waals surface area contributed by atoms with Gasteiger partial charge < -0.3 is 30.7 Å². The summed E-state index contributed by atoms with van der Waals surface area (Å²) in [6, 6.07) is 9.46. The fourth-order valence-corrected chi connectivity index (χ4v) is 4.01. The van der Waals surface area contributed by atoms with E-state index >= 15 is 0 Å². The van der Waals surface area contributed by atoms with Gasteiger partial charge in [-0.2, -0.15) is 0 Å². The minimum Gasteiger partial charge on any atom is -0.508 e. The normalized spacial score (nSPS) is 11.5. The molecule has 13 nitrogen and oxygen atoms in total. The molecule has 0 bridgehead atoms. The summed E-state index contributed by atoms with van der Waals surface area (Å²) in [5, 5.41) is 23.1. The quantitative estimate of drug-likeness (QED) is 0.211. The number of hydrogen-bond acceptors (Lipinski definition) is 10. The van der Waals surface area contributed by atoms with Crippen molar-refractivity contribution < 1.29 is 24.0 Å². The molecule has 0 aliphatic heterocycles. The number of aromatic nitrogens is 3. The van der Waals surface area contributed by atoms with E-state index in [-0.39, 0.29) is 47.9 Å². The molecule has 2 heterocycles. The predicted molar refractivity (Wildman–Crippen MR) is 154 cm³/mol. The van der Waals surface area contributed by atoms with Crippen LogP contribution >= 0.6 is 0 Å². The average molecular weight is 564 g/mol. The number of nitrogens with two attached hydrogens (primary N) is 1. The first-order chi connectivity index (χ1) is 19.3. The highest BCUT2D eigenvalue weighted by atomic mass is 16.6. The first kappa shape index (κ1) is 28.9. The fraction of sp³-hybridized carbons (Fsp3) is 0.321. The van der Waals surface area contributed by atoms with Crippen molar-refractivity contribution in [3.8, 4) is 17.0 Å².